The maximum Gasteiger partial charge on any atom is 0.131 e. The second kappa shape index (κ2) is 7.65. The van der Waals surface area contributed by atoms with Crippen molar-refractivity contribution in [3.63, 3.8) is 0 Å². The monoisotopic (exact) mass is 326 g/mol. The maximum atomic E-state index is 14.5. The molecule has 2 aromatic carbocycles. The van der Waals surface area contributed by atoms with Gasteiger partial charge >= 0.3 is 0 Å². The number of halogens is 1. The molecule has 0 saturated heterocycles. The van der Waals surface area contributed by atoms with Crippen LogP contribution in [0.15, 0.2) is 43.0 Å². The Hall–Kier alpha value is -2.09. The Labute approximate surface area is 145 Å². The van der Waals surface area contributed by atoms with Crippen LogP contribution in [0.4, 0.5) is 4.39 Å². The average Bonchev–Trinajstić information content (AvgIpc) is 2.55. The molecule has 2 heteroatoms. The van der Waals surface area contributed by atoms with E-state index in [0.717, 1.165) is 36.0 Å². The molecule has 0 radical (unpaired) electrons. The third-order valence-electron chi connectivity index (χ3n) is 4.42. The molecule has 0 spiro atoms. The molecule has 24 heavy (non-hydrogen) atoms. The molecule has 1 nitrogen and oxygen atoms in total. The Kier molecular flexibility index (Phi) is 5.82. The molecule has 0 N–H and O–H groups in total. The summed E-state index contributed by atoms with van der Waals surface area (Å²) in [4.78, 5) is 0. The number of hydrogen-bond acceptors (Lipinski definition) is 1. The van der Waals surface area contributed by atoms with Crippen molar-refractivity contribution in [2.45, 2.75) is 40.0 Å². The molecule has 0 aliphatic carbocycles. The Morgan fingerprint density at radius 3 is 2.50 bits per heavy atom. The van der Waals surface area contributed by atoms with Crippen LogP contribution in [0.2, 0.25) is 0 Å². The van der Waals surface area contributed by atoms with E-state index < -0.39 is 0 Å². The molecule has 0 atom stereocenters. The van der Waals surface area contributed by atoms with Gasteiger partial charge in [-0.2, -0.15) is 0 Å². The van der Waals surface area contributed by atoms with Crippen molar-refractivity contribution in [2.24, 2.45) is 5.41 Å². The Bertz CT molecular complexity index is 716. The molecule has 0 fully saturated rings. The Morgan fingerprint density at radius 1 is 1.12 bits per heavy atom. The third-order valence-corrected chi connectivity index (χ3v) is 4.42. The standard InChI is InChI=1S/C22H27FO/c1-6-12-22(3,4)15-17-13-16(7-2)8-10-19(17)20-14-18(24-5)9-11-21(20)23/h7-11,13-14H,2,6,12,15H2,1,3-5H3. The second-order valence-corrected chi connectivity index (χ2v) is 7.06. The molecule has 0 aliphatic heterocycles. The van der Waals surface area contributed by atoms with Gasteiger partial charge in [-0.25, -0.2) is 4.39 Å². The molecule has 0 bridgehead atoms. The van der Waals surface area contributed by atoms with Crippen molar-refractivity contribution in [2.75, 3.05) is 7.11 Å². The van der Waals surface area contributed by atoms with Crippen LogP contribution in [0.25, 0.3) is 17.2 Å². The molecular weight excluding hydrogens is 299 g/mol. The maximum absolute atomic E-state index is 14.5. The Balaban J connectivity index is 2.55. The van der Waals surface area contributed by atoms with Gasteiger partial charge in [0.1, 0.15) is 11.6 Å². The van der Waals surface area contributed by atoms with Crippen LogP contribution < -0.4 is 4.74 Å². The SMILES string of the molecule is C=Cc1ccc(-c2cc(OC)ccc2F)c(CC(C)(C)CCC)c1. The molecule has 0 saturated carbocycles. The first-order valence-electron chi connectivity index (χ1n) is 8.49. The first-order chi connectivity index (χ1) is 11.4. The fraction of sp³-hybridized carbons (Fsp3) is 0.364. The molecule has 0 unspecified atom stereocenters. The van der Waals surface area contributed by atoms with E-state index >= 15 is 0 Å². The van der Waals surface area contributed by atoms with Gasteiger partial charge in [0.2, 0.25) is 0 Å². The third kappa shape index (κ3) is 4.25. The number of hydrogen-bond donors (Lipinski definition) is 0. The quantitative estimate of drug-likeness (QED) is 0.563. The minimum atomic E-state index is -0.225. The number of benzene rings is 2. The number of ether oxygens (including phenoxy) is 1. The molecule has 128 valence electrons. The van der Waals surface area contributed by atoms with Crippen LogP contribution in [0, 0.1) is 11.2 Å². The van der Waals surface area contributed by atoms with Crippen molar-refractivity contribution in [1.82, 2.24) is 0 Å². The first-order valence-corrected chi connectivity index (χ1v) is 8.49. The van der Waals surface area contributed by atoms with E-state index in [1.165, 1.54) is 6.07 Å². The van der Waals surface area contributed by atoms with E-state index in [2.05, 4.69) is 33.4 Å². The lowest BCUT2D eigenvalue weighted by Crippen LogP contribution is -2.15. The second-order valence-electron chi connectivity index (χ2n) is 7.06. The highest BCUT2D eigenvalue weighted by molar-refractivity contribution is 5.71. The van der Waals surface area contributed by atoms with Gasteiger partial charge in [0.05, 0.1) is 7.11 Å². The molecule has 0 aliphatic rings. The lowest BCUT2D eigenvalue weighted by Gasteiger charge is -2.26. The first kappa shape index (κ1) is 18.3. The predicted molar refractivity (Wildman–Crippen MR) is 101 cm³/mol. The normalized spacial score (nSPS) is 11.4. The summed E-state index contributed by atoms with van der Waals surface area (Å²) in [6.07, 6.45) is 5.00. The molecular formula is C22H27FO. The molecule has 0 heterocycles. The smallest absolute Gasteiger partial charge is 0.131 e. The number of rotatable bonds is 7. The van der Waals surface area contributed by atoms with Crippen LogP contribution >= 0.6 is 0 Å². The zero-order chi connectivity index (χ0) is 17.7. The highest BCUT2D eigenvalue weighted by Crippen LogP contribution is 2.35. The van der Waals surface area contributed by atoms with Crippen molar-refractivity contribution >= 4 is 6.08 Å². The van der Waals surface area contributed by atoms with Gasteiger partial charge in [-0.05, 0) is 53.1 Å². The Morgan fingerprint density at radius 2 is 1.88 bits per heavy atom. The summed E-state index contributed by atoms with van der Waals surface area (Å²) < 4.78 is 19.7. The highest BCUT2D eigenvalue weighted by atomic mass is 19.1. The van der Waals surface area contributed by atoms with Crippen molar-refractivity contribution in [3.05, 3.63) is 59.9 Å². The summed E-state index contributed by atoms with van der Waals surface area (Å²) in [7, 11) is 1.60. The van der Waals surface area contributed by atoms with Crippen molar-refractivity contribution in [1.29, 1.82) is 0 Å². The lowest BCUT2D eigenvalue weighted by molar-refractivity contribution is 0.329. The summed E-state index contributed by atoms with van der Waals surface area (Å²) >= 11 is 0. The van der Waals surface area contributed by atoms with Gasteiger partial charge in [-0.15, -0.1) is 0 Å². The number of methoxy groups -OCH3 is 1. The van der Waals surface area contributed by atoms with Crippen molar-refractivity contribution < 1.29 is 9.13 Å². The zero-order valence-corrected chi connectivity index (χ0v) is 15.2. The molecule has 2 rings (SSSR count). The minimum Gasteiger partial charge on any atom is -0.497 e. The fourth-order valence-corrected chi connectivity index (χ4v) is 3.27. The van der Waals surface area contributed by atoms with Crippen LogP contribution in [0.1, 0.15) is 44.7 Å². The molecule has 0 aromatic heterocycles. The lowest BCUT2D eigenvalue weighted by atomic mass is 9.79. The van der Waals surface area contributed by atoms with Crippen LogP contribution in [-0.2, 0) is 6.42 Å². The summed E-state index contributed by atoms with van der Waals surface area (Å²) in [5.74, 6) is 0.440. The van der Waals surface area contributed by atoms with Gasteiger partial charge in [-0.3, -0.25) is 0 Å². The van der Waals surface area contributed by atoms with E-state index in [1.807, 2.05) is 18.2 Å². The average molecular weight is 326 g/mol. The van der Waals surface area contributed by atoms with Gasteiger partial charge in [0, 0.05) is 5.56 Å². The van der Waals surface area contributed by atoms with E-state index in [-0.39, 0.29) is 11.2 Å². The van der Waals surface area contributed by atoms with Crippen molar-refractivity contribution in [3.8, 4) is 16.9 Å². The van der Waals surface area contributed by atoms with Crippen LogP contribution in [-0.4, -0.2) is 7.11 Å². The van der Waals surface area contributed by atoms with Gasteiger partial charge in [0.25, 0.3) is 0 Å². The van der Waals surface area contributed by atoms with Gasteiger partial charge < -0.3 is 4.74 Å². The zero-order valence-electron chi connectivity index (χ0n) is 15.2. The van der Waals surface area contributed by atoms with E-state index in [1.54, 1.807) is 19.2 Å². The summed E-state index contributed by atoms with van der Waals surface area (Å²) in [5, 5.41) is 0. The van der Waals surface area contributed by atoms with Crippen LogP contribution in [0.3, 0.4) is 0 Å². The van der Waals surface area contributed by atoms with E-state index in [9.17, 15) is 4.39 Å². The molecule has 2 aromatic rings. The summed E-state index contributed by atoms with van der Waals surface area (Å²) in [6, 6.07) is 11.0. The van der Waals surface area contributed by atoms with Gasteiger partial charge in [-0.1, -0.05) is 58.0 Å². The van der Waals surface area contributed by atoms with E-state index in [0.29, 0.717) is 11.3 Å². The summed E-state index contributed by atoms with van der Waals surface area (Å²) in [5.41, 5.74) is 3.90. The summed E-state index contributed by atoms with van der Waals surface area (Å²) in [6.45, 7) is 10.6. The van der Waals surface area contributed by atoms with E-state index in [4.69, 9.17) is 4.74 Å². The van der Waals surface area contributed by atoms with Crippen LogP contribution in [0.5, 0.6) is 5.75 Å². The fourth-order valence-electron chi connectivity index (χ4n) is 3.27. The minimum absolute atomic E-state index is 0.165. The molecule has 0 amide bonds. The predicted octanol–water partition coefficient (Wildman–Crippen LogP) is 6.51. The topological polar surface area (TPSA) is 9.23 Å². The van der Waals surface area contributed by atoms with Gasteiger partial charge in [0.15, 0.2) is 0 Å². The highest BCUT2D eigenvalue weighted by Gasteiger charge is 2.21. The largest absolute Gasteiger partial charge is 0.497 e.